The highest BCUT2D eigenvalue weighted by Gasteiger charge is 2.24. The fourth-order valence-corrected chi connectivity index (χ4v) is 2.88. The summed E-state index contributed by atoms with van der Waals surface area (Å²) in [5.41, 5.74) is 2.09. The van der Waals surface area contributed by atoms with Crippen molar-refractivity contribution in [1.29, 1.82) is 0 Å². The lowest BCUT2D eigenvalue weighted by Gasteiger charge is -2.28. The summed E-state index contributed by atoms with van der Waals surface area (Å²) in [6, 6.07) is 10.4. The second-order valence-electron chi connectivity index (χ2n) is 4.86. The number of nitrogens with one attached hydrogen (secondary N) is 1. The van der Waals surface area contributed by atoms with E-state index in [1.54, 1.807) is 30.3 Å². The molecule has 3 rings (SSSR count). The Balaban J connectivity index is 1.86. The third kappa shape index (κ3) is 2.85. The van der Waals surface area contributed by atoms with Crippen LogP contribution >= 0.6 is 23.2 Å². The van der Waals surface area contributed by atoms with E-state index >= 15 is 0 Å². The molecule has 1 aliphatic rings. The Hall–Kier alpha value is -1.91. The Labute approximate surface area is 137 Å². The molecule has 0 saturated carbocycles. The number of hydrogen-bond acceptors (Lipinski definition) is 4. The first-order chi connectivity index (χ1) is 10.6. The molecule has 1 N–H and O–H groups in total. The minimum absolute atomic E-state index is 0.221. The molecule has 0 amide bonds. The molecule has 6 heteroatoms. The quantitative estimate of drug-likeness (QED) is 0.828. The molecule has 0 unspecified atom stereocenters. The Morgan fingerprint density at radius 3 is 2.82 bits per heavy atom. The molecular formula is C16H13Cl2NO3. The molecule has 0 saturated heterocycles. The lowest BCUT2D eigenvalue weighted by Crippen LogP contribution is -2.24. The van der Waals surface area contributed by atoms with Crippen molar-refractivity contribution in [3.8, 4) is 5.75 Å². The molecular weight excluding hydrogens is 325 g/mol. The van der Waals surface area contributed by atoms with E-state index in [-0.39, 0.29) is 12.1 Å². The van der Waals surface area contributed by atoms with Crippen molar-refractivity contribution in [2.24, 2.45) is 0 Å². The van der Waals surface area contributed by atoms with Crippen LogP contribution in [0.2, 0.25) is 10.0 Å². The predicted molar refractivity (Wildman–Crippen MR) is 86.1 cm³/mol. The number of ether oxygens (including phenoxy) is 2. The number of fused-ring (bicyclic) bond motifs is 1. The van der Waals surface area contributed by atoms with Gasteiger partial charge in [-0.1, -0.05) is 29.3 Å². The van der Waals surface area contributed by atoms with Gasteiger partial charge in [0.2, 0.25) is 0 Å². The van der Waals surface area contributed by atoms with Gasteiger partial charge in [-0.15, -0.1) is 0 Å². The molecule has 0 fully saturated rings. The molecule has 1 atom stereocenters. The van der Waals surface area contributed by atoms with Crippen molar-refractivity contribution >= 4 is 34.9 Å². The van der Waals surface area contributed by atoms with Crippen LogP contribution in [0.5, 0.6) is 5.75 Å². The Morgan fingerprint density at radius 1 is 1.27 bits per heavy atom. The number of carbonyl (C=O) groups excluding carboxylic acids is 1. The van der Waals surface area contributed by atoms with Crippen molar-refractivity contribution < 1.29 is 14.3 Å². The first-order valence-corrected chi connectivity index (χ1v) is 7.42. The molecule has 1 heterocycles. The molecule has 2 aromatic carbocycles. The van der Waals surface area contributed by atoms with Gasteiger partial charge < -0.3 is 14.8 Å². The number of anilines is 1. The summed E-state index contributed by atoms with van der Waals surface area (Å²) in [7, 11) is 1.35. The van der Waals surface area contributed by atoms with Crippen LogP contribution in [0, 0.1) is 0 Å². The average molecular weight is 338 g/mol. The van der Waals surface area contributed by atoms with E-state index in [1.807, 2.05) is 6.07 Å². The molecule has 1 aliphatic heterocycles. The van der Waals surface area contributed by atoms with E-state index in [4.69, 9.17) is 32.7 Å². The normalized spacial score (nSPS) is 16.2. The van der Waals surface area contributed by atoms with E-state index in [0.29, 0.717) is 27.9 Å². The summed E-state index contributed by atoms with van der Waals surface area (Å²) < 4.78 is 10.7. The van der Waals surface area contributed by atoms with E-state index in [1.165, 1.54) is 7.11 Å². The van der Waals surface area contributed by atoms with Gasteiger partial charge in [0.25, 0.3) is 0 Å². The number of halogens is 2. The monoisotopic (exact) mass is 337 g/mol. The van der Waals surface area contributed by atoms with Gasteiger partial charge in [-0.05, 0) is 30.3 Å². The maximum absolute atomic E-state index is 11.5. The van der Waals surface area contributed by atoms with Crippen molar-refractivity contribution in [3.63, 3.8) is 0 Å². The largest absolute Gasteiger partial charge is 0.482 e. The molecule has 0 spiro atoms. The van der Waals surface area contributed by atoms with Crippen LogP contribution in [0.15, 0.2) is 36.4 Å². The van der Waals surface area contributed by atoms with Gasteiger partial charge in [0.1, 0.15) is 11.9 Å². The fourth-order valence-electron chi connectivity index (χ4n) is 2.35. The summed E-state index contributed by atoms with van der Waals surface area (Å²) in [6.45, 7) is 0.541. The average Bonchev–Trinajstić information content (AvgIpc) is 2.53. The Bertz CT molecular complexity index is 733. The maximum atomic E-state index is 11.5. The van der Waals surface area contributed by atoms with Crippen LogP contribution in [-0.4, -0.2) is 19.6 Å². The van der Waals surface area contributed by atoms with Gasteiger partial charge in [0, 0.05) is 15.6 Å². The zero-order valence-corrected chi connectivity index (χ0v) is 13.2. The molecule has 22 heavy (non-hydrogen) atoms. The number of rotatable bonds is 2. The van der Waals surface area contributed by atoms with E-state index < -0.39 is 0 Å². The summed E-state index contributed by atoms with van der Waals surface area (Å²) in [4.78, 5) is 11.5. The molecule has 0 aromatic heterocycles. The standard InChI is InChI=1S/C16H13Cl2NO3/c1-21-16(20)9-2-5-14-13(6-9)19-8-15(22-14)11-4-3-10(17)7-12(11)18/h2-7,15,19H,8H2,1H3/t15-/m1/s1. The molecule has 114 valence electrons. The van der Waals surface area contributed by atoms with Gasteiger partial charge >= 0.3 is 5.97 Å². The molecule has 2 aromatic rings. The van der Waals surface area contributed by atoms with Crippen molar-refractivity contribution in [3.05, 3.63) is 57.6 Å². The second-order valence-corrected chi connectivity index (χ2v) is 5.70. The van der Waals surface area contributed by atoms with Crippen LogP contribution < -0.4 is 10.1 Å². The molecule has 4 nitrogen and oxygen atoms in total. The number of hydrogen-bond donors (Lipinski definition) is 1. The zero-order chi connectivity index (χ0) is 15.7. The second kappa shape index (κ2) is 6.07. The minimum Gasteiger partial charge on any atom is -0.482 e. The summed E-state index contributed by atoms with van der Waals surface area (Å²) in [5.74, 6) is 0.280. The first kappa shape index (κ1) is 15.0. The lowest BCUT2D eigenvalue weighted by atomic mass is 10.1. The van der Waals surface area contributed by atoms with Crippen molar-refractivity contribution in [2.45, 2.75) is 6.10 Å². The topological polar surface area (TPSA) is 47.6 Å². The van der Waals surface area contributed by atoms with Gasteiger partial charge in [0.15, 0.2) is 0 Å². The summed E-state index contributed by atoms with van der Waals surface area (Å²) >= 11 is 12.1. The van der Waals surface area contributed by atoms with Crippen molar-refractivity contribution in [2.75, 3.05) is 19.0 Å². The Kier molecular flexibility index (Phi) is 4.14. The summed E-state index contributed by atoms with van der Waals surface area (Å²) in [5, 5.41) is 4.40. The van der Waals surface area contributed by atoms with E-state index in [0.717, 1.165) is 11.3 Å². The van der Waals surface area contributed by atoms with Crippen LogP contribution in [0.4, 0.5) is 5.69 Å². The summed E-state index contributed by atoms with van der Waals surface area (Å²) in [6.07, 6.45) is -0.221. The molecule has 0 aliphatic carbocycles. The molecule has 0 radical (unpaired) electrons. The number of carbonyl (C=O) groups is 1. The first-order valence-electron chi connectivity index (χ1n) is 6.66. The van der Waals surface area contributed by atoms with Gasteiger partial charge in [-0.25, -0.2) is 4.79 Å². The maximum Gasteiger partial charge on any atom is 0.337 e. The third-order valence-corrected chi connectivity index (χ3v) is 4.02. The zero-order valence-electron chi connectivity index (χ0n) is 11.7. The minimum atomic E-state index is -0.382. The smallest absolute Gasteiger partial charge is 0.337 e. The highest BCUT2D eigenvalue weighted by atomic mass is 35.5. The Morgan fingerprint density at radius 2 is 2.09 bits per heavy atom. The van der Waals surface area contributed by atoms with E-state index in [2.05, 4.69) is 5.32 Å². The van der Waals surface area contributed by atoms with Gasteiger partial charge in [-0.3, -0.25) is 0 Å². The van der Waals surface area contributed by atoms with Gasteiger partial charge in [-0.2, -0.15) is 0 Å². The predicted octanol–water partition coefficient (Wildman–Crippen LogP) is 4.33. The lowest BCUT2D eigenvalue weighted by molar-refractivity contribution is 0.0600. The number of benzene rings is 2. The molecule has 0 bridgehead atoms. The van der Waals surface area contributed by atoms with Crippen LogP contribution in [0.1, 0.15) is 22.0 Å². The van der Waals surface area contributed by atoms with Crippen LogP contribution in [0.3, 0.4) is 0 Å². The number of esters is 1. The highest BCUT2D eigenvalue weighted by molar-refractivity contribution is 6.35. The van der Waals surface area contributed by atoms with Gasteiger partial charge in [0.05, 0.1) is 24.9 Å². The van der Waals surface area contributed by atoms with Crippen molar-refractivity contribution in [1.82, 2.24) is 0 Å². The SMILES string of the molecule is COC(=O)c1ccc2c(c1)NC[C@H](c1ccc(Cl)cc1Cl)O2. The van der Waals surface area contributed by atoms with Crippen LogP contribution in [-0.2, 0) is 4.74 Å². The van der Waals surface area contributed by atoms with Crippen LogP contribution in [0.25, 0.3) is 0 Å². The highest BCUT2D eigenvalue weighted by Crippen LogP contribution is 2.37. The third-order valence-electron chi connectivity index (χ3n) is 3.46. The number of methoxy groups -OCH3 is 1. The fraction of sp³-hybridized carbons (Fsp3) is 0.188. The van der Waals surface area contributed by atoms with E-state index in [9.17, 15) is 4.79 Å².